The quantitative estimate of drug-likeness (QED) is 0.765. The average Bonchev–Trinajstić information content (AvgIpc) is 2.37. The zero-order chi connectivity index (χ0) is 13.4. The molecule has 0 aliphatic heterocycles. The first kappa shape index (κ1) is 15.1. The summed E-state index contributed by atoms with van der Waals surface area (Å²) < 4.78 is 13.5. The largest absolute Gasteiger partial charge is 0.313 e. The van der Waals surface area contributed by atoms with Crippen LogP contribution in [0.4, 0.5) is 4.39 Å². The summed E-state index contributed by atoms with van der Waals surface area (Å²) >= 11 is 0. The van der Waals surface area contributed by atoms with Crippen LogP contribution in [0.1, 0.15) is 32.3 Å². The fraction of sp³-hybridized carbons (Fsp3) is 0.600. The third-order valence-electron chi connectivity index (χ3n) is 3.31. The fourth-order valence-electron chi connectivity index (χ4n) is 2.03. The number of hydrogen-bond acceptors (Lipinski definition) is 2. The van der Waals surface area contributed by atoms with Crippen molar-refractivity contribution >= 4 is 0 Å². The third kappa shape index (κ3) is 5.15. The summed E-state index contributed by atoms with van der Waals surface area (Å²) in [5.74, 6) is -0.114. The minimum atomic E-state index is -0.114. The van der Waals surface area contributed by atoms with Crippen LogP contribution in [0.25, 0.3) is 0 Å². The Labute approximate surface area is 110 Å². The lowest BCUT2D eigenvalue weighted by Gasteiger charge is -2.20. The molecule has 0 atom stereocenters. The number of likely N-dealkylation sites (N-methyl/N-ethyl adjacent to an activating group) is 1. The van der Waals surface area contributed by atoms with Gasteiger partial charge in [-0.3, -0.25) is 0 Å². The number of hydrogen-bond donors (Lipinski definition) is 1. The predicted octanol–water partition coefficient (Wildman–Crippen LogP) is 3.04. The summed E-state index contributed by atoms with van der Waals surface area (Å²) in [5, 5.41) is 3.51. The summed E-state index contributed by atoms with van der Waals surface area (Å²) in [7, 11) is 2.03. The van der Waals surface area contributed by atoms with Gasteiger partial charge in [-0.15, -0.1) is 0 Å². The highest BCUT2D eigenvalue weighted by atomic mass is 19.1. The second kappa shape index (κ2) is 8.22. The Kier molecular flexibility index (Phi) is 6.91. The SMILES string of the molecule is CCC(CC)NCCN(C)Cc1ccccc1F. The Morgan fingerprint density at radius 3 is 2.50 bits per heavy atom. The van der Waals surface area contributed by atoms with E-state index in [0.29, 0.717) is 12.6 Å². The Bertz CT molecular complexity index is 337. The molecule has 0 aliphatic carbocycles. The number of nitrogens with one attached hydrogen (secondary N) is 1. The van der Waals surface area contributed by atoms with Gasteiger partial charge in [0.25, 0.3) is 0 Å². The molecule has 3 heteroatoms. The number of halogens is 1. The van der Waals surface area contributed by atoms with Gasteiger partial charge in [0.2, 0.25) is 0 Å². The van der Waals surface area contributed by atoms with Gasteiger partial charge in [-0.25, -0.2) is 4.39 Å². The minimum Gasteiger partial charge on any atom is -0.313 e. The predicted molar refractivity (Wildman–Crippen MR) is 75.1 cm³/mol. The van der Waals surface area contributed by atoms with Gasteiger partial charge < -0.3 is 10.2 Å². The first-order valence-electron chi connectivity index (χ1n) is 6.82. The van der Waals surface area contributed by atoms with Gasteiger partial charge in [0, 0.05) is 31.2 Å². The summed E-state index contributed by atoms with van der Waals surface area (Å²) in [5.41, 5.74) is 0.766. The van der Waals surface area contributed by atoms with Crippen molar-refractivity contribution in [2.45, 2.75) is 39.3 Å². The summed E-state index contributed by atoms with van der Waals surface area (Å²) in [4.78, 5) is 2.15. The van der Waals surface area contributed by atoms with E-state index in [9.17, 15) is 4.39 Å². The smallest absolute Gasteiger partial charge is 0.127 e. The van der Waals surface area contributed by atoms with Gasteiger partial charge in [0.05, 0.1) is 0 Å². The Hall–Kier alpha value is -0.930. The molecule has 102 valence electrons. The van der Waals surface area contributed by atoms with Crippen LogP contribution < -0.4 is 5.32 Å². The van der Waals surface area contributed by atoms with Crippen molar-refractivity contribution < 1.29 is 4.39 Å². The van der Waals surface area contributed by atoms with E-state index >= 15 is 0 Å². The molecule has 1 rings (SSSR count). The van der Waals surface area contributed by atoms with E-state index < -0.39 is 0 Å². The van der Waals surface area contributed by atoms with Crippen LogP contribution >= 0.6 is 0 Å². The molecule has 18 heavy (non-hydrogen) atoms. The Morgan fingerprint density at radius 1 is 1.22 bits per heavy atom. The maximum atomic E-state index is 13.5. The Balaban J connectivity index is 2.30. The van der Waals surface area contributed by atoms with Gasteiger partial charge >= 0.3 is 0 Å². The molecule has 0 aromatic heterocycles. The molecule has 0 saturated carbocycles. The number of rotatable bonds is 8. The molecule has 2 nitrogen and oxygen atoms in total. The van der Waals surface area contributed by atoms with Crippen LogP contribution in [0.2, 0.25) is 0 Å². The molecule has 0 amide bonds. The van der Waals surface area contributed by atoms with Crippen molar-refractivity contribution in [1.82, 2.24) is 10.2 Å². The normalized spacial score (nSPS) is 11.4. The van der Waals surface area contributed by atoms with Crippen molar-refractivity contribution in [2.75, 3.05) is 20.1 Å². The van der Waals surface area contributed by atoms with Crippen LogP contribution in [-0.4, -0.2) is 31.1 Å². The highest BCUT2D eigenvalue weighted by Crippen LogP contribution is 2.08. The molecule has 1 N–H and O–H groups in total. The molecule has 0 radical (unpaired) electrons. The van der Waals surface area contributed by atoms with E-state index in [1.54, 1.807) is 6.07 Å². The molecule has 0 spiro atoms. The lowest BCUT2D eigenvalue weighted by atomic mass is 10.2. The fourth-order valence-corrected chi connectivity index (χ4v) is 2.03. The second-order valence-corrected chi connectivity index (χ2v) is 4.80. The van der Waals surface area contributed by atoms with Crippen molar-refractivity contribution in [2.24, 2.45) is 0 Å². The molecule has 0 saturated heterocycles. The zero-order valence-electron chi connectivity index (χ0n) is 11.7. The summed E-state index contributed by atoms with van der Waals surface area (Å²) in [6.07, 6.45) is 2.32. The van der Waals surface area contributed by atoms with E-state index in [-0.39, 0.29) is 5.82 Å². The monoisotopic (exact) mass is 252 g/mol. The molecule has 0 aliphatic rings. The van der Waals surface area contributed by atoms with E-state index in [0.717, 1.165) is 31.5 Å². The van der Waals surface area contributed by atoms with E-state index in [4.69, 9.17) is 0 Å². The molecule has 0 fully saturated rings. The van der Waals surface area contributed by atoms with Crippen molar-refractivity contribution in [3.05, 3.63) is 35.6 Å². The van der Waals surface area contributed by atoms with Gasteiger partial charge in [0.15, 0.2) is 0 Å². The zero-order valence-corrected chi connectivity index (χ0v) is 11.7. The molecule has 1 aromatic carbocycles. The van der Waals surface area contributed by atoms with Crippen LogP contribution in [0.15, 0.2) is 24.3 Å². The summed E-state index contributed by atoms with van der Waals surface area (Å²) in [6, 6.07) is 7.58. The highest BCUT2D eigenvalue weighted by Gasteiger charge is 2.06. The number of nitrogens with zero attached hydrogens (tertiary/aromatic N) is 1. The van der Waals surface area contributed by atoms with Crippen molar-refractivity contribution in [3.63, 3.8) is 0 Å². The highest BCUT2D eigenvalue weighted by molar-refractivity contribution is 5.16. The minimum absolute atomic E-state index is 0.114. The molecular weight excluding hydrogens is 227 g/mol. The first-order valence-corrected chi connectivity index (χ1v) is 6.82. The maximum Gasteiger partial charge on any atom is 0.127 e. The van der Waals surface area contributed by atoms with E-state index in [1.807, 2.05) is 19.2 Å². The van der Waals surface area contributed by atoms with E-state index in [1.165, 1.54) is 6.07 Å². The topological polar surface area (TPSA) is 15.3 Å². The maximum absolute atomic E-state index is 13.5. The average molecular weight is 252 g/mol. The second-order valence-electron chi connectivity index (χ2n) is 4.80. The molecule has 1 aromatic rings. The van der Waals surface area contributed by atoms with Crippen LogP contribution in [0.3, 0.4) is 0 Å². The van der Waals surface area contributed by atoms with Gasteiger partial charge in [-0.1, -0.05) is 32.0 Å². The third-order valence-corrected chi connectivity index (χ3v) is 3.31. The van der Waals surface area contributed by atoms with Crippen LogP contribution in [0.5, 0.6) is 0 Å². The lowest BCUT2D eigenvalue weighted by Crippen LogP contribution is -2.35. The van der Waals surface area contributed by atoms with Gasteiger partial charge in [0.1, 0.15) is 5.82 Å². The number of benzene rings is 1. The molecule has 0 heterocycles. The Morgan fingerprint density at radius 2 is 1.89 bits per heavy atom. The first-order chi connectivity index (χ1) is 8.67. The standard InChI is InChI=1S/C15H25FN2/c1-4-14(5-2)17-10-11-18(3)12-13-8-6-7-9-15(13)16/h6-9,14,17H,4-5,10-12H2,1-3H3. The van der Waals surface area contributed by atoms with Gasteiger partial charge in [-0.05, 0) is 26.0 Å². The molecule has 0 bridgehead atoms. The van der Waals surface area contributed by atoms with Crippen molar-refractivity contribution in [3.8, 4) is 0 Å². The summed E-state index contributed by atoms with van der Waals surface area (Å²) in [6.45, 7) is 6.95. The lowest BCUT2D eigenvalue weighted by molar-refractivity contribution is 0.309. The van der Waals surface area contributed by atoms with Gasteiger partial charge in [-0.2, -0.15) is 0 Å². The van der Waals surface area contributed by atoms with Crippen LogP contribution in [-0.2, 0) is 6.54 Å². The van der Waals surface area contributed by atoms with Crippen LogP contribution in [0, 0.1) is 5.82 Å². The molecule has 0 unspecified atom stereocenters. The van der Waals surface area contributed by atoms with E-state index in [2.05, 4.69) is 24.1 Å². The van der Waals surface area contributed by atoms with Crippen molar-refractivity contribution in [1.29, 1.82) is 0 Å². The molecular formula is C15H25FN2.